The molecule has 0 unspecified atom stereocenters. The van der Waals surface area contributed by atoms with Crippen LogP contribution in [-0.4, -0.2) is 24.6 Å². The quantitative estimate of drug-likeness (QED) is 0.524. The van der Waals surface area contributed by atoms with Crippen LogP contribution in [0.5, 0.6) is 0 Å². The third-order valence-corrected chi connectivity index (χ3v) is 2.80. The summed E-state index contributed by atoms with van der Waals surface area (Å²) in [6.45, 7) is 0. The van der Waals surface area contributed by atoms with Gasteiger partial charge in [0.25, 0.3) is 0 Å². The van der Waals surface area contributed by atoms with Gasteiger partial charge in [0.2, 0.25) is 5.95 Å². The number of nitrogens with zero attached hydrogens (tertiary/aromatic N) is 4. The molecule has 0 fully saturated rings. The van der Waals surface area contributed by atoms with Crippen molar-refractivity contribution in [3.05, 3.63) is 30.9 Å². The third kappa shape index (κ3) is 1.10. The summed E-state index contributed by atoms with van der Waals surface area (Å²) in [7, 11) is 0. The number of nitrogens with one attached hydrogen (secondary N) is 1. The Hall–Kier alpha value is -2.83. The molecule has 4 rings (SSSR count). The number of H-pyrrole nitrogens is 1. The van der Waals surface area contributed by atoms with Crippen molar-refractivity contribution in [3.8, 4) is 11.4 Å². The van der Waals surface area contributed by atoms with Crippen molar-refractivity contribution in [2.75, 3.05) is 5.73 Å². The first kappa shape index (κ1) is 9.23. The van der Waals surface area contributed by atoms with Crippen LogP contribution < -0.4 is 5.73 Å². The number of nitrogens with two attached hydrogens (primary N) is 1. The van der Waals surface area contributed by atoms with Gasteiger partial charge in [0.05, 0.1) is 17.2 Å². The third-order valence-electron chi connectivity index (χ3n) is 2.80. The zero-order valence-corrected chi connectivity index (χ0v) is 9.16. The Morgan fingerprint density at radius 1 is 1.28 bits per heavy atom. The van der Waals surface area contributed by atoms with Gasteiger partial charge in [-0.2, -0.15) is 9.50 Å². The standard InChI is InChI=1S/C11H8N6O/c12-11-15-9-7(1-3-13-9)10-14-8(16-17(10)11)6-2-4-18-5-6/h1-5,13H,(H2,12,15). The van der Waals surface area contributed by atoms with E-state index in [4.69, 9.17) is 10.2 Å². The maximum atomic E-state index is 5.85. The van der Waals surface area contributed by atoms with Crippen molar-refractivity contribution in [3.63, 3.8) is 0 Å². The second-order valence-corrected chi connectivity index (χ2v) is 3.89. The molecule has 0 bridgehead atoms. The van der Waals surface area contributed by atoms with Crippen molar-refractivity contribution >= 4 is 22.6 Å². The number of fused-ring (bicyclic) bond motifs is 3. The molecule has 0 spiro atoms. The fourth-order valence-corrected chi connectivity index (χ4v) is 1.96. The SMILES string of the molecule is Nc1nc2[nH]ccc2c2nc(-c3ccoc3)nn12. The number of anilines is 1. The van der Waals surface area contributed by atoms with E-state index in [0.717, 1.165) is 10.9 Å². The highest BCUT2D eigenvalue weighted by Crippen LogP contribution is 2.22. The lowest BCUT2D eigenvalue weighted by molar-refractivity contribution is 0.568. The van der Waals surface area contributed by atoms with E-state index in [1.807, 2.05) is 6.07 Å². The van der Waals surface area contributed by atoms with Crippen LogP contribution in [0, 0.1) is 0 Å². The highest BCUT2D eigenvalue weighted by Gasteiger charge is 2.13. The maximum absolute atomic E-state index is 5.85. The lowest BCUT2D eigenvalue weighted by atomic mass is 10.3. The van der Waals surface area contributed by atoms with Gasteiger partial charge in [-0.05, 0) is 12.1 Å². The largest absolute Gasteiger partial charge is 0.472 e. The maximum Gasteiger partial charge on any atom is 0.225 e. The summed E-state index contributed by atoms with van der Waals surface area (Å²) < 4.78 is 6.55. The van der Waals surface area contributed by atoms with Gasteiger partial charge in [0.1, 0.15) is 11.9 Å². The minimum Gasteiger partial charge on any atom is -0.472 e. The minimum atomic E-state index is 0.294. The van der Waals surface area contributed by atoms with E-state index in [1.165, 1.54) is 4.52 Å². The summed E-state index contributed by atoms with van der Waals surface area (Å²) in [6, 6.07) is 3.69. The molecule has 0 radical (unpaired) electrons. The van der Waals surface area contributed by atoms with Gasteiger partial charge in [-0.15, -0.1) is 5.10 Å². The first-order chi connectivity index (χ1) is 8.83. The zero-order chi connectivity index (χ0) is 12.1. The van der Waals surface area contributed by atoms with E-state index in [0.29, 0.717) is 23.1 Å². The normalized spacial score (nSPS) is 11.6. The van der Waals surface area contributed by atoms with Crippen LogP contribution in [0.3, 0.4) is 0 Å². The Bertz CT molecular complexity index is 841. The second-order valence-electron chi connectivity index (χ2n) is 3.89. The average molecular weight is 240 g/mol. The summed E-state index contributed by atoms with van der Waals surface area (Å²) in [6.07, 6.45) is 4.96. The minimum absolute atomic E-state index is 0.294. The second kappa shape index (κ2) is 3.10. The lowest BCUT2D eigenvalue weighted by Crippen LogP contribution is -2.02. The molecule has 0 aliphatic heterocycles. The Kier molecular flexibility index (Phi) is 1.59. The number of aromatic amines is 1. The van der Waals surface area contributed by atoms with Gasteiger partial charge in [0, 0.05) is 6.20 Å². The highest BCUT2D eigenvalue weighted by molar-refractivity contribution is 5.90. The summed E-state index contributed by atoms with van der Waals surface area (Å²) in [4.78, 5) is 11.7. The smallest absolute Gasteiger partial charge is 0.225 e. The summed E-state index contributed by atoms with van der Waals surface area (Å²) >= 11 is 0. The van der Waals surface area contributed by atoms with E-state index in [9.17, 15) is 0 Å². The van der Waals surface area contributed by atoms with E-state index in [-0.39, 0.29) is 0 Å². The summed E-state index contributed by atoms with van der Waals surface area (Å²) in [5.41, 5.74) is 8.04. The lowest BCUT2D eigenvalue weighted by Gasteiger charge is -1.96. The van der Waals surface area contributed by atoms with E-state index < -0.39 is 0 Å². The van der Waals surface area contributed by atoms with Gasteiger partial charge < -0.3 is 15.1 Å². The summed E-state index contributed by atoms with van der Waals surface area (Å²) in [5, 5.41) is 5.21. The topological polar surface area (TPSA) is 98.0 Å². The molecular weight excluding hydrogens is 232 g/mol. The molecule has 4 aromatic rings. The number of aromatic nitrogens is 5. The molecular formula is C11H8N6O. The van der Waals surface area contributed by atoms with Crippen molar-refractivity contribution in [2.45, 2.75) is 0 Å². The summed E-state index contributed by atoms with van der Waals surface area (Å²) in [5.74, 6) is 0.855. The fraction of sp³-hybridized carbons (Fsp3) is 0. The van der Waals surface area contributed by atoms with Crippen LogP contribution in [-0.2, 0) is 0 Å². The molecule has 7 nitrogen and oxygen atoms in total. The van der Waals surface area contributed by atoms with E-state index in [2.05, 4.69) is 20.1 Å². The van der Waals surface area contributed by atoms with Crippen molar-refractivity contribution in [2.24, 2.45) is 0 Å². The molecule has 0 aliphatic rings. The van der Waals surface area contributed by atoms with Crippen LogP contribution >= 0.6 is 0 Å². The highest BCUT2D eigenvalue weighted by atomic mass is 16.3. The Morgan fingerprint density at radius 2 is 2.22 bits per heavy atom. The molecule has 4 heterocycles. The van der Waals surface area contributed by atoms with Gasteiger partial charge >= 0.3 is 0 Å². The van der Waals surface area contributed by atoms with Crippen LogP contribution in [0.4, 0.5) is 5.95 Å². The first-order valence-corrected chi connectivity index (χ1v) is 5.35. The molecule has 3 N–H and O–H groups in total. The molecule has 18 heavy (non-hydrogen) atoms. The molecule has 0 amide bonds. The Balaban J connectivity index is 2.13. The van der Waals surface area contributed by atoms with Gasteiger partial charge in [-0.3, -0.25) is 0 Å². The van der Waals surface area contributed by atoms with E-state index >= 15 is 0 Å². The van der Waals surface area contributed by atoms with E-state index in [1.54, 1.807) is 24.8 Å². The number of rotatable bonds is 1. The average Bonchev–Trinajstić information content (AvgIpc) is 3.08. The van der Waals surface area contributed by atoms with Crippen molar-refractivity contribution < 1.29 is 4.42 Å². The molecule has 0 saturated heterocycles. The van der Waals surface area contributed by atoms with Crippen LogP contribution in [0.1, 0.15) is 0 Å². The molecule has 0 aliphatic carbocycles. The number of hydrogen-bond acceptors (Lipinski definition) is 5. The van der Waals surface area contributed by atoms with Crippen LogP contribution in [0.2, 0.25) is 0 Å². The molecule has 4 aromatic heterocycles. The number of furan rings is 1. The Labute approximate surface area is 100 Å². The fourth-order valence-electron chi connectivity index (χ4n) is 1.96. The van der Waals surface area contributed by atoms with Crippen LogP contribution in [0.25, 0.3) is 28.1 Å². The monoisotopic (exact) mass is 240 g/mol. The molecule has 0 aromatic carbocycles. The van der Waals surface area contributed by atoms with Gasteiger partial charge in [0.15, 0.2) is 11.5 Å². The predicted molar refractivity (Wildman–Crippen MR) is 64.8 cm³/mol. The van der Waals surface area contributed by atoms with Gasteiger partial charge in [-0.25, -0.2) is 4.98 Å². The van der Waals surface area contributed by atoms with Crippen molar-refractivity contribution in [1.29, 1.82) is 0 Å². The zero-order valence-electron chi connectivity index (χ0n) is 9.16. The first-order valence-electron chi connectivity index (χ1n) is 5.35. The molecule has 0 atom stereocenters. The number of nitrogen functional groups attached to an aromatic ring is 1. The predicted octanol–water partition coefficient (Wildman–Crippen LogP) is 1.45. The molecule has 88 valence electrons. The van der Waals surface area contributed by atoms with Crippen LogP contribution in [0.15, 0.2) is 35.3 Å². The number of hydrogen-bond donors (Lipinski definition) is 2. The van der Waals surface area contributed by atoms with Crippen molar-refractivity contribution in [1.82, 2.24) is 24.6 Å². The van der Waals surface area contributed by atoms with Gasteiger partial charge in [-0.1, -0.05) is 0 Å². The Morgan fingerprint density at radius 3 is 3.06 bits per heavy atom. The molecule has 7 heteroatoms. The molecule has 0 saturated carbocycles.